The van der Waals surface area contributed by atoms with E-state index in [1.54, 1.807) is 25.4 Å². The molecule has 31 heavy (non-hydrogen) atoms. The van der Waals surface area contributed by atoms with Crippen LogP contribution in [0, 0.1) is 27.8 Å². The van der Waals surface area contributed by atoms with Crippen LogP contribution < -0.4 is 10.0 Å². The molecule has 2 aromatic rings. The largest absolute Gasteiger partial charge is 0.345 e. The molecule has 0 bridgehead atoms. The Hall–Kier alpha value is -2.96. The van der Waals surface area contributed by atoms with Crippen LogP contribution in [-0.4, -0.2) is 20.7 Å². The van der Waals surface area contributed by atoms with E-state index in [1.165, 1.54) is 23.1 Å². The molecule has 2 atom stereocenters. The van der Waals surface area contributed by atoms with Crippen LogP contribution in [0.1, 0.15) is 53.7 Å². The van der Waals surface area contributed by atoms with Gasteiger partial charge in [-0.2, -0.15) is 5.26 Å². The number of nitrogens with zero attached hydrogens (tertiary/aromatic N) is 2. The van der Waals surface area contributed by atoms with Gasteiger partial charge in [0.1, 0.15) is 27.5 Å². The summed E-state index contributed by atoms with van der Waals surface area (Å²) in [7, 11) is -1.66. The Kier molecular flexibility index (Phi) is 5.69. The first-order valence-electron chi connectivity index (χ1n) is 10.2. The second kappa shape index (κ2) is 8.29. The molecule has 1 aliphatic heterocycles. The average Bonchev–Trinajstić information content (AvgIpc) is 3.04. The summed E-state index contributed by atoms with van der Waals surface area (Å²) in [6.45, 7) is 0. The number of carbonyl (C=O) groups excluding carboxylic acids is 1. The van der Waals surface area contributed by atoms with Crippen LogP contribution in [0.25, 0.3) is 6.08 Å². The number of aromatic nitrogens is 1. The number of hydrogen-bond acceptors (Lipinski definition) is 4. The van der Waals surface area contributed by atoms with Crippen molar-refractivity contribution in [2.75, 3.05) is 5.32 Å². The number of aryl methyl sites for hydroxylation is 1. The molecule has 2 heterocycles. The Bertz CT molecular complexity index is 1200. The number of halogens is 1. The number of nitrogens with one attached hydrogen (secondary N) is 3. The van der Waals surface area contributed by atoms with E-state index >= 15 is 0 Å². The van der Waals surface area contributed by atoms with Crippen LogP contribution in [0.2, 0.25) is 0 Å². The molecule has 0 radical (unpaired) electrons. The molecule has 162 valence electrons. The minimum absolute atomic E-state index is 0.169. The highest BCUT2D eigenvalue weighted by molar-refractivity contribution is 7.90. The summed E-state index contributed by atoms with van der Waals surface area (Å²) in [5.74, 6) is -0.838. The van der Waals surface area contributed by atoms with Gasteiger partial charge in [-0.1, -0.05) is 31.4 Å². The van der Waals surface area contributed by atoms with Crippen molar-refractivity contribution >= 4 is 27.6 Å². The smallest absolute Gasteiger partial charge is 0.272 e. The fourth-order valence-corrected chi connectivity index (χ4v) is 5.97. The highest BCUT2D eigenvalue weighted by Crippen LogP contribution is 2.33. The third kappa shape index (κ3) is 4.13. The monoisotopic (exact) mass is 441 g/mol. The number of benzene rings is 1. The lowest BCUT2D eigenvalue weighted by molar-refractivity contribution is 0.101. The van der Waals surface area contributed by atoms with Crippen molar-refractivity contribution in [2.24, 2.45) is 13.0 Å². The molecule has 3 N–H and O–H groups in total. The van der Waals surface area contributed by atoms with E-state index < -0.39 is 21.6 Å². The summed E-state index contributed by atoms with van der Waals surface area (Å²) in [5.41, 5.74) is 0.797. The van der Waals surface area contributed by atoms with E-state index in [4.69, 9.17) is 10.0 Å². The quantitative estimate of drug-likeness (QED) is 0.664. The normalized spacial score (nSPS) is 23.6. The van der Waals surface area contributed by atoms with Crippen molar-refractivity contribution in [3.8, 4) is 6.07 Å². The molecule has 2 aliphatic rings. The summed E-state index contributed by atoms with van der Waals surface area (Å²) < 4.78 is 39.9. The SMILES string of the molecule is Cn1cc2c(c1C(=O)Nc1ccc(F)c(C#N)c1)C=C[C@H](C1CCCCC1)NS2(=N)=O. The summed E-state index contributed by atoms with van der Waals surface area (Å²) >= 11 is 0. The minimum Gasteiger partial charge on any atom is -0.345 e. The van der Waals surface area contributed by atoms with Crippen LogP contribution in [0.3, 0.4) is 0 Å². The topological polar surface area (TPSA) is 111 Å². The number of amides is 1. The number of nitriles is 1. The van der Waals surface area contributed by atoms with Gasteiger partial charge in [-0.05, 0) is 37.0 Å². The first kappa shape index (κ1) is 21.3. The van der Waals surface area contributed by atoms with Crippen molar-refractivity contribution in [3.63, 3.8) is 0 Å². The zero-order valence-corrected chi connectivity index (χ0v) is 18.0. The van der Waals surface area contributed by atoms with Gasteiger partial charge in [0.25, 0.3) is 5.91 Å². The minimum atomic E-state index is -3.31. The van der Waals surface area contributed by atoms with E-state index in [-0.39, 0.29) is 27.9 Å². The Morgan fingerprint density at radius 3 is 2.81 bits per heavy atom. The van der Waals surface area contributed by atoms with Gasteiger partial charge in [0.2, 0.25) is 0 Å². The van der Waals surface area contributed by atoms with Crippen LogP contribution in [0.5, 0.6) is 0 Å². The van der Waals surface area contributed by atoms with E-state index in [1.807, 2.05) is 6.08 Å². The summed E-state index contributed by atoms with van der Waals surface area (Å²) in [4.78, 5) is 13.3. The first-order chi connectivity index (χ1) is 14.8. The number of rotatable bonds is 3. The maximum atomic E-state index is 13.6. The molecule has 9 heteroatoms. The third-order valence-corrected chi connectivity index (χ3v) is 7.53. The first-order valence-corrected chi connectivity index (χ1v) is 11.8. The highest BCUT2D eigenvalue weighted by atomic mass is 32.2. The standard InChI is InChI=1S/C22H24FN5O2S/c1-28-13-20-17(8-10-19(27-31(20,25)30)14-5-3-2-4-6-14)21(28)22(29)26-16-7-9-18(23)15(11-16)12-24/h7-11,13-14,19H,2-6H2,1H3,(H,26,29)(H2,25,27,30)/t19-,31?/m1/s1. The van der Waals surface area contributed by atoms with Gasteiger partial charge in [0.15, 0.2) is 0 Å². The Morgan fingerprint density at radius 1 is 1.35 bits per heavy atom. The molecule has 1 aromatic carbocycles. The Balaban J connectivity index is 1.68. The lowest BCUT2D eigenvalue weighted by Gasteiger charge is -2.28. The Labute approximate surface area is 181 Å². The summed E-state index contributed by atoms with van der Waals surface area (Å²) in [5, 5.41) is 11.7. The molecular weight excluding hydrogens is 417 g/mol. The highest BCUT2D eigenvalue weighted by Gasteiger charge is 2.31. The number of fused-ring (bicyclic) bond motifs is 1. The zero-order chi connectivity index (χ0) is 22.2. The molecule has 4 rings (SSSR count). The molecule has 1 fully saturated rings. The number of carbonyl (C=O) groups is 1. The van der Waals surface area contributed by atoms with Gasteiger partial charge in [-0.3, -0.25) is 4.79 Å². The second-order valence-electron chi connectivity index (χ2n) is 8.08. The van der Waals surface area contributed by atoms with Gasteiger partial charge in [0, 0.05) is 30.5 Å². The zero-order valence-electron chi connectivity index (χ0n) is 17.2. The van der Waals surface area contributed by atoms with Gasteiger partial charge in [-0.25, -0.2) is 18.1 Å². The lowest BCUT2D eigenvalue weighted by atomic mass is 9.84. The fourth-order valence-electron chi connectivity index (χ4n) is 4.41. The predicted molar refractivity (Wildman–Crippen MR) is 116 cm³/mol. The second-order valence-corrected chi connectivity index (χ2v) is 9.87. The van der Waals surface area contributed by atoms with Crippen LogP contribution in [-0.2, 0) is 17.0 Å². The molecule has 1 unspecified atom stereocenters. The summed E-state index contributed by atoms with van der Waals surface area (Å²) in [6.07, 6.45) is 10.7. The van der Waals surface area contributed by atoms with Gasteiger partial charge >= 0.3 is 0 Å². The average molecular weight is 442 g/mol. The summed E-state index contributed by atoms with van der Waals surface area (Å²) in [6, 6.07) is 5.32. The van der Waals surface area contributed by atoms with Crippen molar-refractivity contribution in [2.45, 2.75) is 43.0 Å². The van der Waals surface area contributed by atoms with E-state index in [2.05, 4.69) is 10.0 Å². The molecule has 1 amide bonds. The lowest BCUT2D eigenvalue weighted by Crippen LogP contribution is -2.38. The molecule has 0 spiro atoms. The molecule has 7 nitrogen and oxygen atoms in total. The van der Waals surface area contributed by atoms with Crippen molar-refractivity contribution in [1.29, 1.82) is 10.0 Å². The third-order valence-electron chi connectivity index (χ3n) is 5.98. The molecular formula is C22H24FN5O2S. The van der Waals surface area contributed by atoms with Crippen molar-refractivity contribution < 1.29 is 13.4 Å². The molecule has 0 saturated heterocycles. The fraction of sp³-hybridized carbons (Fsp3) is 0.364. The van der Waals surface area contributed by atoms with Gasteiger partial charge in [-0.15, -0.1) is 0 Å². The molecule has 1 saturated carbocycles. The van der Waals surface area contributed by atoms with E-state index in [0.29, 0.717) is 11.5 Å². The van der Waals surface area contributed by atoms with Crippen LogP contribution in [0.4, 0.5) is 10.1 Å². The van der Waals surface area contributed by atoms with E-state index in [9.17, 15) is 13.4 Å². The number of anilines is 1. The van der Waals surface area contributed by atoms with E-state index in [0.717, 1.165) is 31.7 Å². The molecule has 1 aromatic heterocycles. The van der Waals surface area contributed by atoms with Crippen LogP contribution >= 0.6 is 0 Å². The van der Waals surface area contributed by atoms with Gasteiger partial charge in [0.05, 0.1) is 10.5 Å². The number of hydrogen-bond donors (Lipinski definition) is 3. The van der Waals surface area contributed by atoms with Crippen LogP contribution in [0.15, 0.2) is 35.4 Å². The van der Waals surface area contributed by atoms with Crippen molar-refractivity contribution in [3.05, 3.63) is 53.1 Å². The molecule has 1 aliphatic carbocycles. The predicted octanol–water partition coefficient (Wildman–Crippen LogP) is 4.17. The van der Waals surface area contributed by atoms with Crippen molar-refractivity contribution in [1.82, 2.24) is 9.29 Å². The Morgan fingerprint density at radius 2 is 2.10 bits per heavy atom. The maximum Gasteiger partial charge on any atom is 0.272 e. The maximum absolute atomic E-state index is 13.6. The van der Waals surface area contributed by atoms with Gasteiger partial charge < -0.3 is 9.88 Å².